The Hall–Kier alpha value is -3.54. The van der Waals surface area contributed by atoms with Gasteiger partial charge in [0.25, 0.3) is 0 Å². The summed E-state index contributed by atoms with van der Waals surface area (Å²) in [4.78, 5) is 45.8. The highest BCUT2D eigenvalue weighted by molar-refractivity contribution is 5.81. The Labute approximate surface area is 277 Å². The van der Waals surface area contributed by atoms with Crippen molar-refractivity contribution in [2.24, 2.45) is 11.8 Å². The number of aliphatic hydroxyl groups excluding tert-OH is 1. The summed E-state index contributed by atoms with van der Waals surface area (Å²) >= 11 is 0. The van der Waals surface area contributed by atoms with Gasteiger partial charge in [-0.3, -0.25) is 9.59 Å². The van der Waals surface area contributed by atoms with E-state index in [1.807, 2.05) is 19.9 Å². The summed E-state index contributed by atoms with van der Waals surface area (Å²) in [5.41, 5.74) is 0.415. The fraction of sp³-hybridized carbons (Fsp3) is 0.611. The average Bonchev–Trinajstić information content (AvgIpc) is 3.37. The maximum absolute atomic E-state index is 12.8. The average molecular weight is 661 g/mol. The number of unbranched alkanes of at least 4 members (excludes halogenated alkanes) is 1. The van der Waals surface area contributed by atoms with Crippen molar-refractivity contribution in [2.45, 2.75) is 129 Å². The predicted octanol–water partition coefficient (Wildman–Crippen LogP) is 6.13. The lowest BCUT2D eigenvalue weighted by Crippen LogP contribution is -2.50. The third kappa shape index (κ3) is 13.2. The number of hydrogen-bond acceptors (Lipinski definition) is 8. The summed E-state index contributed by atoms with van der Waals surface area (Å²) in [6.45, 7) is 9.46. The molecule has 2 aliphatic heterocycles. The SMILES string of the molecule is CCCC[C@]1([C@H](/C=C/C(C)=C/C(=O)O)OC(=O)CCC(=O)O)CC[C@]2(CC[C@H](C)[C@@H](C/C=C(C)/C=C/[C@@H](O)[C@@H](C)/C=C/C(=O)O)O2)O1. The van der Waals surface area contributed by atoms with Crippen LogP contribution in [-0.4, -0.2) is 74.0 Å². The molecule has 2 fully saturated rings. The van der Waals surface area contributed by atoms with Crippen molar-refractivity contribution in [1.29, 1.82) is 0 Å². The first kappa shape index (κ1) is 39.6. The smallest absolute Gasteiger partial charge is 0.328 e. The molecule has 0 radical (unpaired) electrons. The molecule has 2 aliphatic rings. The number of rotatable bonds is 18. The van der Waals surface area contributed by atoms with E-state index < -0.39 is 47.5 Å². The first-order valence-corrected chi connectivity index (χ1v) is 16.4. The lowest BCUT2D eigenvalue weighted by molar-refractivity contribution is -0.308. The van der Waals surface area contributed by atoms with Gasteiger partial charge in [-0.15, -0.1) is 0 Å². The van der Waals surface area contributed by atoms with E-state index in [1.54, 1.807) is 38.2 Å². The molecule has 0 saturated carbocycles. The fourth-order valence-electron chi connectivity index (χ4n) is 5.85. The summed E-state index contributed by atoms with van der Waals surface area (Å²) in [6, 6.07) is 0. The van der Waals surface area contributed by atoms with E-state index in [-0.39, 0.29) is 30.8 Å². The molecule has 0 aliphatic carbocycles. The van der Waals surface area contributed by atoms with Gasteiger partial charge in [0.05, 0.1) is 25.0 Å². The third-order valence-corrected chi connectivity index (χ3v) is 8.77. The number of aliphatic carboxylic acids is 3. The zero-order valence-corrected chi connectivity index (χ0v) is 28.2. The monoisotopic (exact) mass is 660 g/mol. The maximum Gasteiger partial charge on any atom is 0.328 e. The molecule has 0 aromatic carbocycles. The lowest BCUT2D eigenvalue weighted by atomic mass is 9.85. The summed E-state index contributed by atoms with van der Waals surface area (Å²) in [5.74, 6) is -4.99. The number of carboxylic acid groups (broad SMARTS) is 3. The van der Waals surface area contributed by atoms with Crippen molar-refractivity contribution < 1.29 is 53.8 Å². The molecule has 4 N–H and O–H groups in total. The first-order chi connectivity index (χ1) is 22.1. The van der Waals surface area contributed by atoms with Crippen molar-refractivity contribution in [1.82, 2.24) is 0 Å². The Morgan fingerprint density at radius 1 is 0.936 bits per heavy atom. The molecular formula is C36H52O11. The fourth-order valence-corrected chi connectivity index (χ4v) is 5.85. The van der Waals surface area contributed by atoms with E-state index in [1.165, 1.54) is 6.08 Å². The second-order valence-corrected chi connectivity index (χ2v) is 12.8. The number of carbonyl (C=O) groups is 4. The van der Waals surface area contributed by atoms with Gasteiger partial charge in [0.2, 0.25) is 0 Å². The molecule has 262 valence electrons. The van der Waals surface area contributed by atoms with Gasteiger partial charge in [-0.2, -0.15) is 0 Å². The van der Waals surface area contributed by atoms with Crippen molar-refractivity contribution in [3.8, 4) is 0 Å². The normalized spacial score (nSPS) is 27.4. The van der Waals surface area contributed by atoms with Crippen LogP contribution in [0.1, 0.15) is 98.8 Å². The lowest BCUT2D eigenvalue weighted by Gasteiger charge is -2.44. The van der Waals surface area contributed by atoms with Crippen LogP contribution in [0.15, 0.2) is 59.8 Å². The van der Waals surface area contributed by atoms with Crippen LogP contribution in [0.4, 0.5) is 0 Å². The number of carbonyl (C=O) groups excluding carboxylic acids is 1. The van der Waals surface area contributed by atoms with E-state index in [0.717, 1.165) is 37.0 Å². The van der Waals surface area contributed by atoms with Crippen LogP contribution >= 0.6 is 0 Å². The standard InChI is InChI=1S/C36H52O11/c1-6-7-19-35(30(14-10-25(3)23-33(42)43)45-34(44)17-16-32(40)41)21-22-36(47-35)20-18-27(5)29(46-36)13-9-24(2)8-12-28(37)26(4)11-15-31(38)39/h8-12,14-15,23,26-30,37H,6-7,13,16-22H2,1-5H3,(H,38,39)(H,40,41)(H,42,43)/b12-8+,14-10+,15-11+,24-9+,25-23+/t26-,27-,28+,29+,30-,35+,36-/m0/s1. The highest BCUT2D eigenvalue weighted by Gasteiger charge is 2.56. The number of aliphatic hydroxyl groups is 1. The molecule has 11 nitrogen and oxygen atoms in total. The topological polar surface area (TPSA) is 177 Å². The molecule has 1 spiro atoms. The van der Waals surface area contributed by atoms with Crippen LogP contribution in [0.3, 0.4) is 0 Å². The van der Waals surface area contributed by atoms with Crippen LogP contribution in [0.25, 0.3) is 0 Å². The van der Waals surface area contributed by atoms with E-state index in [4.69, 9.17) is 29.5 Å². The molecule has 7 atom stereocenters. The van der Waals surface area contributed by atoms with Crippen LogP contribution < -0.4 is 0 Å². The second-order valence-electron chi connectivity index (χ2n) is 12.8. The largest absolute Gasteiger partial charge is 0.481 e. The zero-order chi connectivity index (χ0) is 35.2. The zero-order valence-electron chi connectivity index (χ0n) is 28.2. The molecule has 2 heterocycles. The van der Waals surface area contributed by atoms with Gasteiger partial charge in [0, 0.05) is 30.9 Å². The van der Waals surface area contributed by atoms with Gasteiger partial charge < -0.3 is 34.6 Å². The van der Waals surface area contributed by atoms with Crippen molar-refractivity contribution in [2.75, 3.05) is 0 Å². The molecule has 0 bridgehead atoms. The minimum atomic E-state index is -1.11. The number of ether oxygens (including phenoxy) is 3. The first-order valence-electron chi connectivity index (χ1n) is 16.4. The van der Waals surface area contributed by atoms with Gasteiger partial charge in [-0.25, -0.2) is 9.59 Å². The summed E-state index contributed by atoms with van der Waals surface area (Å²) in [7, 11) is 0. The number of allylic oxidation sites excluding steroid dienone is 4. The van der Waals surface area contributed by atoms with Crippen LogP contribution in [0.2, 0.25) is 0 Å². The molecule has 0 amide bonds. The minimum absolute atomic E-state index is 0.163. The van der Waals surface area contributed by atoms with Crippen LogP contribution in [-0.2, 0) is 33.4 Å². The Morgan fingerprint density at radius 3 is 2.28 bits per heavy atom. The van der Waals surface area contributed by atoms with Gasteiger partial charge in [0.15, 0.2) is 5.79 Å². The second kappa shape index (κ2) is 18.7. The molecule has 0 aromatic rings. The van der Waals surface area contributed by atoms with Crippen molar-refractivity contribution >= 4 is 23.9 Å². The summed E-state index contributed by atoms with van der Waals surface area (Å²) in [5, 5.41) is 37.4. The Morgan fingerprint density at radius 2 is 1.64 bits per heavy atom. The molecule has 47 heavy (non-hydrogen) atoms. The van der Waals surface area contributed by atoms with E-state index in [9.17, 15) is 24.3 Å². The molecule has 11 heteroatoms. The minimum Gasteiger partial charge on any atom is -0.481 e. The van der Waals surface area contributed by atoms with Crippen LogP contribution in [0.5, 0.6) is 0 Å². The van der Waals surface area contributed by atoms with Crippen molar-refractivity contribution in [3.63, 3.8) is 0 Å². The molecule has 2 rings (SSSR count). The Kier molecular flexibility index (Phi) is 15.8. The van der Waals surface area contributed by atoms with Crippen molar-refractivity contribution in [3.05, 3.63) is 59.8 Å². The van der Waals surface area contributed by atoms with Crippen LogP contribution in [0, 0.1) is 11.8 Å². The van der Waals surface area contributed by atoms with E-state index >= 15 is 0 Å². The molecule has 2 saturated heterocycles. The molecular weight excluding hydrogens is 608 g/mol. The van der Waals surface area contributed by atoms with E-state index in [2.05, 4.69) is 6.92 Å². The molecule has 0 unspecified atom stereocenters. The maximum atomic E-state index is 12.8. The Bertz CT molecular complexity index is 1250. The van der Waals surface area contributed by atoms with Gasteiger partial charge >= 0.3 is 23.9 Å². The molecule has 0 aromatic heterocycles. The number of hydrogen-bond donors (Lipinski definition) is 4. The Balaban J connectivity index is 2.28. The van der Waals surface area contributed by atoms with Gasteiger partial charge in [0.1, 0.15) is 11.7 Å². The summed E-state index contributed by atoms with van der Waals surface area (Å²) < 4.78 is 19.5. The third-order valence-electron chi connectivity index (χ3n) is 8.77. The predicted molar refractivity (Wildman–Crippen MR) is 175 cm³/mol. The van der Waals surface area contributed by atoms with Gasteiger partial charge in [-0.1, -0.05) is 69.6 Å². The highest BCUT2D eigenvalue weighted by atomic mass is 16.7. The summed E-state index contributed by atoms with van der Waals surface area (Å²) in [6.07, 6.45) is 15.0. The highest BCUT2D eigenvalue weighted by Crippen LogP contribution is 2.50. The number of carboxylic acids is 3. The number of esters is 1. The van der Waals surface area contributed by atoms with Gasteiger partial charge in [-0.05, 0) is 57.1 Å². The quantitative estimate of drug-likeness (QED) is 0.0755. The van der Waals surface area contributed by atoms with E-state index in [0.29, 0.717) is 37.7 Å².